The van der Waals surface area contributed by atoms with Gasteiger partial charge in [-0.3, -0.25) is 0 Å². The highest BCUT2D eigenvalue weighted by molar-refractivity contribution is 5.42. The average Bonchev–Trinajstić information content (AvgIpc) is 2.79. The molecule has 0 aromatic heterocycles. The van der Waals surface area contributed by atoms with Crippen molar-refractivity contribution >= 4 is 0 Å². The van der Waals surface area contributed by atoms with E-state index in [9.17, 15) is 13.2 Å². The highest BCUT2D eigenvalue weighted by Gasteiger charge is 2.58. The van der Waals surface area contributed by atoms with Gasteiger partial charge in [0.05, 0.1) is 0 Å². The van der Waals surface area contributed by atoms with E-state index in [-0.39, 0.29) is 23.0 Å². The predicted octanol–water partition coefficient (Wildman–Crippen LogP) is 3.28. The minimum absolute atomic E-state index is 0.0287. The first-order valence-electron chi connectivity index (χ1n) is 5.82. The summed E-state index contributed by atoms with van der Waals surface area (Å²) in [4.78, 5) is 0. The summed E-state index contributed by atoms with van der Waals surface area (Å²) in [5, 5.41) is 0. The maximum Gasteiger partial charge on any atom is 0.573 e. The van der Waals surface area contributed by atoms with Crippen molar-refractivity contribution in [2.24, 2.45) is 17.1 Å². The van der Waals surface area contributed by atoms with Crippen molar-refractivity contribution in [2.45, 2.75) is 26.1 Å². The molecular weight excluding hydrogens is 243 g/mol. The highest BCUT2D eigenvalue weighted by atomic mass is 19.4. The number of nitrogens with two attached hydrogens (primary N) is 1. The van der Waals surface area contributed by atoms with Gasteiger partial charge in [-0.15, -0.1) is 13.2 Å². The third-order valence-electron chi connectivity index (χ3n) is 3.78. The van der Waals surface area contributed by atoms with Crippen LogP contribution in [0.4, 0.5) is 13.2 Å². The summed E-state index contributed by atoms with van der Waals surface area (Å²) in [7, 11) is 0. The van der Waals surface area contributed by atoms with Crippen LogP contribution in [0.2, 0.25) is 0 Å². The van der Waals surface area contributed by atoms with Crippen LogP contribution in [-0.4, -0.2) is 12.9 Å². The standard InChI is InChI=1S/C13H16F3NO/c1-12(2)9(7-17)11(12)8-5-3-4-6-10(8)18-13(14,15)16/h3-6,9,11H,7,17H2,1-2H3/t9-,11-/m1/s1. The average molecular weight is 259 g/mol. The molecule has 0 amide bonds. The lowest BCUT2D eigenvalue weighted by atomic mass is 10.0. The fraction of sp³-hybridized carbons (Fsp3) is 0.538. The molecule has 0 spiro atoms. The molecule has 1 aliphatic rings. The van der Waals surface area contributed by atoms with Gasteiger partial charge in [0.1, 0.15) is 5.75 Å². The monoisotopic (exact) mass is 259 g/mol. The van der Waals surface area contributed by atoms with E-state index in [1.807, 2.05) is 13.8 Å². The van der Waals surface area contributed by atoms with Gasteiger partial charge in [0.2, 0.25) is 0 Å². The first kappa shape index (κ1) is 13.2. The maximum absolute atomic E-state index is 12.3. The number of hydrogen-bond acceptors (Lipinski definition) is 2. The van der Waals surface area contributed by atoms with Crippen LogP contribution >= 0.6 is 0 Å². The van der Waals surface area contributed by atoms with E-state index < -0.39 is 6.36 Å². The topological polar surface area (TPSA) is 35.2 Å². The zero-order valence-corrected chi connectivity index (χ0v) is 10.3. The largest absolute Gasteiger partial charge is 0.573 e. The number of rotatable bonds is 3. The van der Waals surface area contributed by atoms with Crippen LogP contribution in [0, 0.1) is 11.3 Å². The Bertz CT molecular complexity index is 442. The van der Waals surface area contributed by atoms with Gasteiger partial charge in [-0.1, -0.05) is 32.0 Å². The smallest absolute Gasteiger partial charge is 0.405 e. The molecule has 5 heteroatoms. The molecule has 2 nitrogen and oxygen atoms in total. The number of halogens is 3. The summed E-state index contributed by atoms with van der Waals surface area (Å²) in [6.45, 7) is 4.50. The number of para-hydroxylation sites is 1. The molecule has 0 bridgehead atoms. The Morgan fingerprint density at radius 2 is 1.89 bits per heavy atom. The lowest BCUT2D eigenvalue weighted by Gasteiger charge is -2.13. The summed E-state index contributed by atoms with van der Waals surface area (Å²) in [5.74, 6) is 0.121. The lowest BCUT2D eigenvalue weighted by molar-refractivity contribution is -0.274. The normalized spacial score (nSPS) is 25.9. The molecule has 1 aromatic carbocycles. The summed E-state index contributed by atoms with van der Waals surface area (Å²) in [6, 6.07) is 6.30. The van der Waals surface area contributed by atoms with Crippen molar-refractivity contribution in [3.8, 4) is 5.75 Å². The number of ether oxygens (including phenoxy) is 1. The Balaban J connectivity index is 2.30. The van der Waals surface area contributed by atoms with E-state index in [4.69, 9.17) is 5.73 Å². The van der Waals surface area contributed by atoms with Crippen molar-refractivity contribution in [2.75, 3.05) is 6.54 Å². The second kappa shape index (κ2) is 4.16. The molecule has 1 aromatic rings. The molecule has 0 aliphatic heterocycles. The second-order valence-electron chi connectivity index (χ2n) is 5.23. The fourth-order valence-electron chi connectivity index (χ4n) is 2.76. The van der Waals surface area contributed by atoms with Gasteiger partial charge < -0.3 is 10.5 Å². The van der Waals surface area contributed by atoms with Gasteiger partial charge >= 0.3 is 6.36 Å². The number of hydrogen-bond donors (Lipinski definition) is 1. The molecule has 1 fully saturated rings. The molecule has 1 aliphatic carbocycles. The Morgan fingerprint density at radius 1 is 1.28 bits per heavy atom. The van der Waals surface area contributed by atoms with E-state index in [2.05, 4.69) is 4.74 Å². The van der Waals surface area contributed by atoms with Gasteiger partial charge in [0.15, 0.2) is 0 Å². The molecule has 0 radical (unpaired) electrons. The van der Waals surface area contributed by atoms with Crippen LogP contribution in [0.1, 0.15) is 25.3 Å². The zero-order chi connectivity index (χ0) is 13.6. The van der Waals surface area contributed by atoms with Crippen LogP contribution in [0.25, 0.3) is 0 Å². The Morgan fingerprint density at radius 3 is 2.39 bits per heavy atom. The summed E-state index contributed by atoms with van der Waals surface area (Å²) in [5.41, 5.74) is 6.17. The molecule has 1 saturated carbocycles. The van der Waals surface area contributed by atoms with Crippen LogP contribution in [0.5, 0.6) is 5.75 Å². The zero-order valence-electron chi connectivity index (χ0n) is 10.3. The molecule has 2 atom stereocenters. The number of benzene rings is 1. The molecular formula is C13H16F3NO. The Kier molecular flexibility index (Phi) is 3.05. The minimum atomic E-state index is -4.66. The molecule has 2 N–H and O–H groups in total. The third kappa shape index (κ3) is 2.32. The van der Waals surface area contributed by atoms with Crippen LogP contribution in [0.15, 0.2) is 24.3 Å². The van der Waals surface area contributed by atoms with Crippen molar-refractivity contribution in [3.63, 3.8) is 0 Å². The van der Waals surface area contributed by atoms with Crippen molar-refractivity contribution in [1.29, 1.82) is 0 Å². The highest BCUT2D eigenvalue weighted by Crippen LogP contribution is 2.65. The second-order valence-corrected chi connectivity index (χ2v) is 5.23. The van der Waals surface area contributed by atoms with E-state index in [1.54, 1.807) is 12.1 Å². The summed E-state index contributed by atoms with van der Waals surface area (Å²) >= 11 is 0. The first-order chi connectivity index (χ1) is 8.27. The van der Waals surface area contributed by atoms with Gasteiger partial charge in [0, 0.05) is 0 Å². The molecule has 2 rings (SSSR count). The first-order valence-corrected chi connectivity index (χ1v) is 5.82. The fourth-order valence-corrected chi connectivity index (χ4v) is 2.76. The maximum atomic E-state index is 12.3. The molecule has 0 saturated heterocycles. The van der Waals surface area contributed by atoms with Crippen molar-refractivity contribution < 1.29 is 17.9 Å². The van der Waals surface area contributed by atoms with Crippen LogP contribution < -0.4 is 10.5 Å². The molecule has 100 valence electrons. The van der Waals surface area contributed by atoms with Gasteiger partial charge in [-0.2, -0.15) is 0 Å². The Labute approximate surface area is 104 Å². The Hall–Kier alpha value is -1.23. The molecule has 18 heavy (non-hydrogen) atoms. The SMILES string of the molecule is CC1(C)[C@H](CN)[C@H]1c1ccccc1OC(F)(F)F. The van der Waals surface area contributed by atoms with Crippen molar-refractivity contribution in [3.05, 3.63) is 29.8 Å². The van der Waals surface area contributed by atoms with E-state index in [0.29, 0.717) is 12.1 Å². The summed E-state index contributed by atoms with van der Waals surface area (Å²) < 4.78 is 41.1. The minimum Gasteiger partial charge on any atom is -0.405 e. The predicted molar refractivity (Wildman–Crippen MR) is 62.2 cm³/mol. The van der Waals surface area contributed by atoms with E-state index >= 15 is 0 Å². The van der Waals surface area contributed by atoms with E-state index in [0.717, 1.165) is 0 Å². The van der Waals surface area contributed by atoms with Gasteiger partial charge in [-0.05, 0) is 35.4 Å². The van der Waals surface area contributed by atoms with Gasteiger partial charge in [0.25, 0.3) is 0 Å². The lowest BCUT2D eigenvalue weighted by Crippen LogP contribution is -2.18. The van der Waals surface area contributed by atoms with E-state index in [1.165, 1.54) is 12.1 Å². The third-order valence-corrected chi connectivity index (χ3v) is 3.78. The summed E-state index contributed by atoms with van der Waals surface area (Å²) in [6.07, 6.45) is -4.66. The number of alkyl halides is 3. The van der Waals surface area contributed by atoms with Crippen LogP contribution in [-0.2, 0) is 0 Å². The molecule has 0 unspecified atom stereocenters. The van der Waals surface area contributed by atoms with Crippen molar-refractivity contribution in [1.82, 2.24) is 0 Å². The quantitative estimate of drug-likeness (QED) is 0.904. The van der Waals surface area contributed by atoms with Crippen LogP contribution in [0.3, 0.4) is 0 Å². The van der Waals surface area contributed by atoms with Gasteiger partial charge in [-0.25, -0.2) is 0 Å². The molecule has 0 heterocycles.